The number of rotatable bonds is 4. The summed E-state index contributed by atoms with van der Waals surface area (Å²) in [5.74, 6) is 0.893. The lowest BCUT2D eigenvalue weighted by atomic mass is 10.3. The maximum Gasteiger partial charge on any atom is 0.229 e. The Morgan fingerprint density at radius 2 is 2.00 bits per heavy atom. The van der Waals surface area contributed by atoms with Crippen LogP contribution in [0.25, 0.3) is 0 Å². The van der Waals surface area contributed by atoms with Crippen LogP contribution in [0.5, 0.6) is 5.75 Å². The van der Waals surface area contributed by atoms with Crippen molar-refractivity contribution in [2.24, 2.45) is 4.99 Å². The molecule has 2 aromatic rings. The maximum absolute atomic E-state index is 5.87. The quantitative estimate of drug-likeness (QED) is 0.606. The van der Waals surface area contributed by atoms with E-state index in [1.807, 2.05) is 30.5 Å². The Labute approximate surface area is 114 Å². The van der Waals surface area contributed by atoms with Crippen molar-refractivity contribution in [3.8, 4) is 5.75 Å². The molecule has 0 saturated carbocycles. The van der Waals surface area contributed by atoms with Crippen LogP contribution in [-0.4, -0.2) is 15.3 Å². The van der Waals surface area contributed by atoms with E-state index >= 15 is 0 Å². The predicted molar refractivity (Wildman–Crippen MR) is 82.3 cm³/mol. The van der Waals surface area contributed by atoms with Gasteiger partial charge in [0.1, 0.15) is 11.4 Å². The number of hydrogen-bond acceptors (Lipinski definition) is 3. The molecule has 0 bridgehead atoms. The third-order valence-electron chi connectivity index (χ3n) is 2.45. The summed E-state index contributed by atoms with van der Waals surface area (Å²) < 4.78 is 5.87. The highest BCUT2D eigenvalue weighted by atomic mass is 32.1. The third kappa shape index (κ3) is 3.30. The van der Waals surface area contributed by atoms with Crippen LogP contribution in [0.4, 0.5) is 5.69 Å². The Balaban J connectivity index is 2.23. The van der Waals surface area contributed by atoms with E-state index < -0.39 is 9.04 Å². The van der Waals surface area contributed by atoms with E-state index in [0.717, 1.165) is 11.4 Å². The van der Waals surface area contributed by atoms with Crippen LogP contribution in [0.3, 0.4) is 0 Å². The van der Waals surface area contributed by atoms with Crippen LogP contribution in [0, 0.1) is 6.92 Å². The number of hydrogen-bond donors (Lipinski definition) is 0. The summed E-state index contributed by atoms with van der Waals surface area (Å²) >= 11 is 1.71. The molecule has 0 amide bonds. The minimum atomic E-state index is -1.09. The van der Waals surface area contributed by atoms with Gasteiger partial charge in [-0.15, -0.1) is 11.3 Å². The largest absolute Gasteiger partial charge is 0.546 e. The van der Waals surface area contributed by atoms with Crippen LogP contribution in [0.15, 0.2) is 40.7 Å². The Bertz CT molecular complexity index is 548. The van der Waals surface area contributed by atoms with Crippen molar-refractivity contribution in [1.82, 2.24) is 0 Å². The van der Waals surface area contributed by atoms with Crippen molar-refractivity contribution in [1.29, 1.82) is 0 Å². The number of aliphatic imine (C=N–C) groups is 1. The van der Waals surface area contributed by atoms with Gasteiger partial charge in [-0.3, -0.25) is 4.99 Å². The number of para-hydroxylation sites is 2. The molecule has 0 fully saturated rings. The van der Waals surface area contributed by atoms with Gasteiger partial charge in [-0.2, -0.15) is 0 Å². The first kappa shape index (κ1) is 13.0. The van der Waals surface area contributed by atoms with Crippen molar-refractivity contribution in [2.45, 2.75) is 20.0 Å². The van der Waals surface area contributed by atoms with Crippen molar-refractivity contribution < 1.29 is 4.43 Å². The second-order valence-electron chi connectivity index (χ2n) is 4.36. The molecule has 1 heterocycles. The molecular formula is C14H17NOSSi. The van der Waals surface area contributed by atoms with Crippen LogP contribution < -0.4 is 4.43 Å². The molecule has 2 nitrogen and oxygen atoms in total. The van der Waals surface area contributed by atoms with E-state index in [1.54, 1.807) is 11.3 Å². The van der Waals surface area contributed by atoms with E-state index in [2.05, 4.69) is 36.5 Å². The molecule has 2 rings (SSSR count). The molecule has 0 atom stereocenters. The molecule has 0 aliphatic heterocycles. The van der Waals surface area contributed by atoms with Gasteiger partial charge in [0, 0.05) is 11.1 Å². The highest BCUT2D eigenvalue weighted by Gasteiger charge is 2.04. The minimum Gasteiger partial charge on any atom is -0.546 e. The number of nitrogens with zero attached hydrogens (tertiary/aromatic N) is 1. The zero-order chi connectivity index (χ0) is 13.0. The molecule has 1 aromatic carbocycles. The standard InChI is InChI=1S/C14H17NOSSi/c1-11-8-9-17-14(11)10-15-12-6-4-5-7-13(12)16-18(2)3/h4-10,18H,1-3H3. The molecule has 1 aromatic heterocycles. The van der Waals surface area contributed by atoms with E-state index in [4.69, 9.17) is 4.43 Å². The Morgan fingerprint density at radius 3 is 2.67 bits per heavy atom. The summed E-state index contributed by atoms with van der Waals surface area (Å²) in [6.07, 6.45) is 1.92. The Morgan fingerprint density at radius 1 is 1.22 bits per heavy atom. The third-order valence-corrected chi connectivity index (χ3v) is 4.13. The minimum absolute atomic E-state index is 0.893. The van der Waals surface area contributed by atoms with Crippen molar-refractivity contribution in [3.05, 3.63) is 46.2 Å². The Kier molecular flexibility index (Phi) is 4.33. The molecule has 0 aliphatic rings. The Hall–Kier alpha value is -1.39. The van der Waals surface area contributed by atoms with E-state index in [0.29, 0.717) is 0 Å². The van der Waals surface area contributed by atoms with E-state index in [-0.39, 0.29) is 0 Å². The van der Waals surface area contributed by atoms with Crippen molar-refractivity contribution >= 4 is 32.3 Å². The molecule has 94 valence electrons. The fourth-order valence-corrected chi connectivity index (χ4v) is 3.06. The molecule has 18 heavy (non-hydrogen) atoms. The summed E-state index contributed by atoms with van der Waals surface area (Å²) in [6, 6.07) is 10.1. The normalized spacial score (nSPS) is 11.3. The van der Waals surface area contributed by atoms with Gasteiger partial charge < -0.3 is 4.43 Å². The van der Waals surface area contributed by atoms with Crippen molar-refractivity contribution in [3.63, 3.8) is 0 Å². The second kappa shape index (κ2) is 5.98. The molecular weight excluding hydrogens is 258 g/mol. The van der Waals surface area contributed by atoms with Gasteiger partial charge >= 0.3 is 0 Å². The maximum atomic E-state index is 5.87. The highest BCUT2D eigenvalue weighted by molar-refractivity contribution is 7.11. The SMILES string of the molecule is Cc1ccsc1C=Nc1ccccc1O[SiH](C)C. The van der Waals surface area contributed by atoms with E-state index in [1.165, 1.54) is 10.4 Å². The first-order chi connectivity index (χ1) is 8.66. The summed E-state index contributed by atoms with van der Waals surface area (Å²) in [4.78, 5) is 5.75. The molecule has 0 spiro atoms. The molecule has 0 radical (unpaired) electrons. The first-order valence-electron chi connectivity index (χ1n) is 6.00. The first-order valence-corrected chi connectivity index (χ1v) is 9.66. The molecule has 4 heteroatoms. The van der Waals surface area contributed by atoms with Gasteiger partial charge in [-0.05, 0) is 49.2 Å². The summed E-state index contributed by atoms with van der Waals surface area (Å²) in [5, 5.41) is 2.08. The van der Waals surface area contributed by atoms with Crippen molar-refractivity contribution in [2.75, 3.05) is 0 Å². The van der Waals surface area contributed by atoms with Crippen LogP contribution in [0.1, 0.15) is 10.4 Å². The average Bonchev–Trinajstić information content (AvgIpc) is 2.73. The van der Waals surface area contributed by atoms with E-state index in [9.17, 15) is 0 Å². The lowest BCUT2D eigenvalue weighted by molar-refractivity contribution is 0.582. The highest BCUT2D eigenvalue weighted by Crippen LogP contribution is 2.27. The fraction of sp³-hybridized carbons (Fsp3) is 0.214. The lowest BCUT2D eigenvalue weighted by Gasteiger charge is -2.11. The average molecular weight is 275 g/mol. The van der Waals surface area contributed by atoms with Crippen LogP contribution >= 0.6 is 11.3 Å². The molecule has 0 unspecified atom stereocenters. The summed E-state index contributed by atoms with van der Waals surface area (Å²) in [7, 11) is -1.09. The zero-order valence-electron chi connectivity index (χ0n) is 10.9. The smallest absolute Gasteiger partial charge is 0.229 e. The van der Waals surface area contributed by atoms with Crippen LogP contribution in [0.2, 0.25) is 13.1 Å². The molecule has 0 aliphatic carbocycles. The predicted octanol–water partition coefficient (Wildman–Crippen LogP) is 4.17. The van der Waals surface area contributed by atoms with Gasteiger partial charge in [0.15, 0.2) is 0 Å². The summed E-state index contributed by atoms with van der Waals surface area (Å²) in [6.45, 7) is 6.41. The number of benzene rings is 1. The topological polar surface area (TPSA) is 21.6 Å². The zero-order valence-corrected chi connectivity index (χ0v) is 12.9. The molecule has 0 N–H and O–H groups in total. The monoisotopic (exact) mass is 275 g/mol. The lowest BCUT2D eigenvalue weighted by Crippen LogP contribution is -2.11. The fourth-order valence-electron chi connectivity index (χ4n) is 1.56. The summed E-state index contributed by atoms with van der Waals surface area (Å²) in [5.41, 5.74) is 2.17. The van der Waals surface area contributed by atoms with Gasteiger partial charge in [-0.25, -0.2) is 0 Å². The second-order valence-corrected chi connectivity index (χ2v) is 7.64. The van der Waals surface area contributed by atoms with Crippen LogP contribution in [-0.2, 0) is 0 Å². The van der Waals surface area contributed by atoms with Gasteiger partial charge in [0.25, 0.3) is 0 Å². The van der Waals surface area contributed by atoms with Gasteiger partial charge in [0.2, 0.25) is 9.04 Å². The van der Waals surface area contributed by atoms with Gasteiger partial charge in [-0.1, -0.05) is 12.1 Å². The molecule has 0 saturated heterocycles. The number of aryl methyl sites for hydroxylation is 1. The number of thiophene rings is 1. The van der Waals surface area contributed by atoms with Gasteiger partial charge in [0.05, 0.1) is 0 Å².